The predicted molar refractivity (Wildman–Crippen MR) is 79.1 cm³/mol. The van der Waals surface area contributed by atoms with Crippen LogP contribution in [0.3, 0.4) is 0 Å². The fourth-order valence-electron chi connectivity index (χ4n) is 2.14. The van der Waals surface area contributed by atoms with Gasteiger partial charge in [-0.15, -0.1) is 0 Å². The molecule has 0 bridgehead atoms. The number of carbonyl (C=O) groups excluding carboxylic acids is 1. The summed E-state index contributed by atoms with van der Waals surface area (Å²) in [6.45, 7) is 3.54. The third kappa shape index (κ3) is 4.06. The maximum absolute atomic E-state index is 11.9. The van der Waals surface area contributed by atoms with Gasteiger partial charge in [-0.05, 0) is 24.9 Å². The van der Waals surface area contributed by atoms with Gasteiger partial charge in [0.05, 0.1) is 22.7 Å². The number of anilines is 1. The van der Waals surface area contributed by atoms with E-state index in [4.69, 9.17) is 23.2 Å². The molecular weight excluding hydrogens is 301 g/mol. The van der Waals surface area contributed by atoms with E-state index >= 15 is 0 Å². The van der Waals surface area contributed by atoms with E-state index in [2.05, 4.69) is 10.3 Å². The zero-order valence-electron chi connectivity index (χ0n) is 11.1. The average molecular weight is 318 g/mol. The zero-order valence-corrected chi connectivity index (χ0v) is 12.7. The molecule has 1 aliphatic rings. The van der Waals surface area contributed by atoms with Crippen molar-refractivity contribution in [3.05, 3.63) is 22.3 Å². The van der Waals surface area contributed by atoms with Gasteiger partial charge in [-0.3, -0.25) is 9.69 Å². The second-order valence-corrected chi connectivity index (χ2v) is 5.94. The van der Waals surface area contributed by atoms with Gasteiger partial charge in [0.15, 0.2) is 5.82 Å². The Morgan fingerprint density at radius 3 is 3.00 bits per heavy atom. The fourth-order valence-corrected chi connectivity index (χ4v) is 2.57. The minimum Gasteiger partial charge on any atom is -0.392 e. The Morgan fingerprint density at radius 2 is 2.35 bits per heavy atom. The Bertz CT molecular complexity index is 499. The average Bonchev–Trinajstić information content (AvgIpc) is 2.37. The molecule has 2 heterocycles. The van der Waals surface area contributed by atoms with Gasteiger partial charge < -0.3 is 10.4 Å². The van der Waals surface area contributed by atoms with Crippen LogP contribution < -0.4 is 5.32 Å². The van der Waals surface area contributed by atoms with Gasteiger partial charge in [-0.1, -0.05) is 30.1 Å². The molecule has 1 fully saturated rings. The summed E-state index contributed by atoms with van der Waals surface area (Å²) in [6.07, 6.45) is 1.93. The number of rotatable bonds is 3. The smallest absolute Gasteiger partial charge is 0.239 e. The molecule has 1 aliphatic heterocycles. The number of pyridine rings is 1. The minimum absolute atomic E-state index is 0.205. The van der Waals surface area contributed by atoms with E-state index in [0.29, 0.717) is 22.4 Å². The van der Waals surface area contributed by atoms with Crippen molar-refractivity contribution in [2.24, 2.45) is 5.92 Å². The molecule has 20 heavy (non-hydrogen) atoms. The van der Waals surface area contributed by atoms with Crippen molar-refractivity contribution in [2.45, 2.75) is 19.4 Å². The van der Waals surface area contributed by atoms with Crippen LogP contribution in [0.15, 0.2) is 12.3 Å². The van der Waals surface area contributed by atoms with Crippen LogP contribution in [-0.2, 0) is 4.79 Å². The Labute approximate surface area is 127 Å². The number of aliphatic hydroxyl groups is 1. The number of amides is 1. The van der Waals surface area contributed by atoms with E-state index < -0.39 is 0 Å². The first-order valence-electron chi connectivity index (χ1n) is 6.47. The third-order valence-corrected chi connectivity index (χ3v) is 3.93. The van der Waals surface area contributed by atoms with Gasteiger partial charge >= 0.3 is 0 Å². The van der Waals surface area contributed by atoms with Crippen LogP contribution in [0.25, 0.3) is 0 Å². The van der Waals surface area contributed by atoms with Gasteiger partial charge in [-0.25, -0.2) is 4.98 Å². The standard InChI is InChI=1S/C13H17Cl2N3O2/c1-8-2-3-18(6-11(8)19)7-12(20)17-13-10(15)4-9(14)5-16-13/h4-5,8,11,19H,2-3,6-7H2,1H3,(H,16,17,20). The number of halogens is 2. The highest BCUT2D eigenvalue weighted by atomic mass is 35.5. The molecule has 1 aromatic rings. The van der Waals surface area contributed by atoms with Crippen LogP contribution in [0.5, 0.6) is 0 Å². The van der Waals surface area contributed by atoms with Crippen LogP contribution in [0.2, 0.25) is 10.0 Å². The summed E-state index contributed by atoms with van der Waals surface area (Å²) < 4.78 is 0. The molecule has 2 rings (SSSR count). The first-order chi connectivity index (χ1) is 9.45. The summed E-state index contributed by atoms with van der Waals surface area (Å²) in [5.74, 6) is 0.372. The molecule has 0 saturated carbocycles. The Morgan fingerprint density at radius 1 is 1.60 bits per heavy atom. The highest BCUT2D eigenvalue weighted by molar-refractivity contribution is 6.36. The number of nitrogens with one attached hydrogen (secondary N) is 1. The number of β-amino-alcohol motifs (C(OH)–C–C–N with tert-alkyl or cyclic N) is 1. The minimum atomic E-state index is -0.381. The van der Waals surface area contributed by atoms with Gasteiger partial charge in [-0.2, -0.15) is 0 Å². The van der Waals surface area contributed by atoms with Crippen LogP contribution in [-0.4, -0.2) is 46.6 Å². The first kappa shape index (κ1) is 15.5. The summed E-state index contributed by atoms with van der Waals surface area (Å²) in [4.78, 5) is 17.8. The number of piperidine rings is 1. The Balaban J connectivity index is 1.89. The highest BCUT2D eigenvalue weighted by Crippen LogP contribution is 2.22. The van der Waals surface area contributed by atoms with E-state index in [0.717, 1.165) is 13.0 Å². The third-order valence-electron chi connectivity index (χ3n) is 3.44. The van der Waals surface area contributed by atoms with Gasteiger partial charge in [0.1, 0.15) is 0 Å². The van der Waals surface area contributed by atoms with Crippen molar-refractivity contribution in [3.8, 4) is 0 Å². The normalized spacial score (nSPS) is 23.6. The summed E-state index contributed by atoms with van der Waals surface area (Å²) in [6, 6.07) is 1.53. The van der Waals surface area contributed by atoms with Gasteiger partial charge in [0.2, 0.25) is 5.91 Å². The van der Waals surface area contributed by atoms with Crippen molar-refractivity contribution >= 4 is 34.9 Å². The lowest BCUT2D eigenvalue weighted by atomic mass is 9.96. The molecule has 0 aliphatic carbocycles. The fraction of sp³-hybridized carbons (Fsp3) is 0.538. The maximum Gasteiger partial charge on any atom is 0.239 e. The lowest BCUT2D eigenvalue weighted by molar-refractivity contribution is -0.118. The maximum atomic E-state index is 11.9. The molecule has 2 atom stereocenters. The molecule has 1 amide bonds. The summed E-state index contributed by atoms with van der Waals surface area (Å²) in [5.41, 5.74) is 0. The second-order valence-electron chi connectivity index (χ2n) is 5.10. The van der Waals surface area contributed by atoms with Gasteiger partial charge in [0.25, 0.3) is 0 Å². The van der Waals surface area contributed by atoms with Gasteiger partial charge in [0, 0.05) is 12.7 Å². The molecule has 0 radical (unpaired) electrons. The van der Waals surface area contributed by atoms with Crippen molar-refractivity contribution in [3.63, 3.8) is 0 Å². The summed E-state index contributed by atoms with van der Waals surface area (Å²) in [5, 5.41) is 13.2. The topological polar surface area (TPSA) is 65.5 Å². The molecule has 2 N–H and O–H groups in total. The molecule has 1 aromatic heterocycles. The molecule has 7 heteroatoms. The molecule has 110 valence electrons. The summed E-state index contributed by atoms with van der Waals surface area (Å²) in [7, 11) is 0. The molecule has 0 spiro atoms. The molecule has 1 saturated heterocycles. The SMILES string of the molecule is CC1CCN(CC(=O)Nc2ncc(Cl)cc2Cl)CC1O. The lowest BCUT2D eigenvalue weighted by Crippen LogP contribution is -2.45. The Hall–Kier alpha value is -0.880. The predicted octanol–water partition coefficient (Wildman–Crippen LogP) is 2.03. The molecule has 0 aromatic carbocycles. The monoisotopic (exact) mass is 317 g/mol. The number of carbonyl (C=O) groups is 1. The van der Waals surface area contributed by atoms with Crippen molar-refractivity contribution in [1.29, 1.82) is 0 Å². The summed E-state index contributed by atoms with van der Waals surface area (Å²) >= 11 is 11.7. The van der Waals surface area contributed by atoms with E-state index in [1.54, 1.807) is 0 Å². The van der Waals surface area contributed by atoms with E-state index in [-0.39, 0.29) is 24.5 Å². The van der Waals surface area contributed by atoms with Crippen molar-refractivity contribution in [1.82, 2.24) is 9.88 Å². The van der Waals surface area contributed by atoms with Crippen LogP contribution in [0, 0.1) is 5.92 Å². The number of hydrogen-bond acceptors (Lipinski definition) is 4. The number of likely N-dealkylation sites (tertiary alicyclic amines) is 1. The van der Waals surface area contributed by atoms with E-state index in [1.165, 1.54) is 12.3 Å². The van der Waals surface area contributed by atoms with Crippen molar-refractivity contribution in [2.75, 3.05) is 25.0 Å². The van der Waals surface area contributed by atoms with E-state index in [9.17, 15) is 9.90 Å². The quantitative estimate of drug-likeness (QED) is 0.895. The molecule has 2 unspecified atom stereocenters. The zero-order chi connectivity index (χ0) is 14.7. The van der Waals surface area contributed by atoms with Crippen LogP contribution in [0.4, 0.5) is 5.82 Å². The van der Waals surface area contributed by atoms with Crippen LogP contribution >= 0.6 is 23.2 Å². The first-order valence-corrected chi connectivity index (χ1v) is 7.22. The largest absolute Gasteiger partial charge is 0.392 e. The van der Waals surface area contributed by atoms with Crippen molar-refractivity contribution < 1.29 is 9.90 Å². The number of hydrogen-bond donors (Lipinski definition) is 2. The van der Waals surface area contributed by atoms with E-state index in [1.807, 2.05) is 11.8 Å². The second kappa shape index (κ2) is 6.72. The highest BCUT2D eigenvalue weighted by Gasteiger charge is 2.25. The number of nitrogens with zero attached hydrogens (tertiary/aromatic N) is 2. The van der Waals surface area contributed by atoms with Crippen LogP contribution in [0.1, 0.15) is 13.3 Å². The molecule has 5 nitrogen and oxygen atoms in total. The lowest BCUT2D eigenvalue weighted by Gasteiger charge is -2.33. The Kier molecular flexibility index (Phi) is 5.21. The molecular formula is C13H17Cl2N3O2. The number of aliphatic hydroxyl groups excluding tert-OH is 1. The number of aromatic nitrogens is 1.